The van der Waals surface area contributed by atoms with Gasteiger partial charge in [-0.15, -0.1) is 0 Å². The van der Waals surface area contributed by atoms with E-state index in [1.807, 2.05) is 0 Å². The van der Waals surface area contributed by atoms with Crippen molar-refractivity contribution >= 4 is 5.97 Å². The van der Waals surface area contributed by atoms with Gasteiger partial charge in [0.05, 0.1) is 0 Å². The van der Waals surface area contributed by atoms with Crippen molar-refractivity contribution in [2.45, 2.75) is 25.6 Å². The Hall–Kier alpha value is -1.59. The second-order valence-corrected chi connectivity index (χ2v) is 3.60. The SMILES string of the molecule is CC(O)NC(Cc1ccc(O)cc1)C(=O)O. The molecule has 0 amide bonds. The number of carboxylic acids is 1. The summed E-state index contributed by atoms with van der Waals surface area (Å²) in [5.41, 5.74) is 0.776. The highest BCUT2D eigenvalue weighted by Gasteiger charge is 2.18. The van der Waals surface area contributed by atoms with Crippen molar-refractivity contribution in [2.24, 2.45) is 0 Å². The molecule has 0 spiro atoms. The summed E-state index contributed by atoms with van der Waals surface area (Å²) in [5.74, 6) is -0.881. The molecular weight excluding hydrogens is 210 g/mol. The lowest BCUT2D eigenvalue weighted by molar-refractivity contribution is -0.140. The summed E-state index contributed by atoms with van der Waals surface area (Å²) < 4.78 is 0. The van der Waals surface area contributed by atoms with Crippen LogP contribution in [0, 0.1) is 0 Å². The van der Waals surface area contributed by atoms with E-state index in [-0.39, 0.29) is 12.2 Å². The van der Waals surface area contributed by atoms with Crippen molar-refractivity contribution < 1.29 is 20.1 Å². The van der Waals surface area contributed by atoms with Gasteiger partial charge in [0.15, 0.2) is 0 Å². The minimum absolute atomic E-state index is 0.138. The number of hydrogen-bond donors (Lipinski definition) is 4. The lowest BCUT2D eigenvalue weighted by atomic mass is 10.1. The van der Waals surface area contributed by atoms with E-state index in [0.29, 0.717) is 0 Å². The Morgan fingerprint density at radius 1 is 1.38 bits per heavy atom. The molecule has 0 radical (unpaired) electrons. The van der Waals surface area contributed by atoms with Gasteiger partial charge in [0, 0.05) is 0 Å². The number of phenolic OH excluding ortho intramolecular Hbond substituents is 1. The first-order valence-corrected chi connectivity index (χ1v) is 4.94. The van der Waals surface area contributed by atoms with Crippen LogP contribution in [0.25, 0.3) is 0 Å². The van der Waals surface area contributed by atoms with Crippen LogP contribution >= 0.6 is 0 Å². The van der Waals surface area contributed by atoms with E-state index in [0.717, 1.165) is 5.56 Å². The molecule has 4 N–H and O–H groups in total. The molecular formula is C11H15NO4. The number of benzene rings is 1. The van der Waals surface area contributed by atoms with Gasteiger partial charge in [-0.2, -0.15) is 0 Å². The van der Waals surface area contributed by atoms with Crippen LogP contribution in [0.3, 0.4) is 0 Å². The minimum Gasteiger partial charge on any atom is -0.508 e. The summed E-state index contributed by atoms with van der Waals surface area (Å²) in [7, 11) is 0. The van der Waals surface area contributed by atoms with Gasteiger partial charge in [-0.1, -0.05) is 12.1 Å². The molecule has 0 aliphatic rings. The van der Waals surface area contributed by atoms with Crippen LogP contribution in [0.2, 0.25) is 0 Å². The number of aliphatic hydroxyl groups excluding tert-OH is 1. The number of aromatic hydroxyl groups is 1. The normalized spacial score (nSPS) is 14.4. The van der Waals surface area contributed by atoms with Crippen LogP contribution in [0.5, 0.6) is 5.75 Å². The van der Waals surface area contributed by atoms with Gasteiger partial charge in [-0.3, -0.25) is 10.1 Å². The minimum atomic E-state index is -1.02. The summed E-state index contributed by atoms with van der Waals surface area (Å²) in [6.45, 7) is 1.47. The molecule has 0 aliphatic carbocycles. The monoisotopic (exact) mass is 225 g/mol. The fourth-order valence-corrected chi connectivity index (χ4v) is 1.38. The van der Waals surface area contributed by atoms with E-state index < -0.39 is 18.2 Å². The van der Waals surface area contributed by atoms with Gasteiger partial charge in [0.1, 0.15) is 18.0 Å². The van der Waals surface area contributed by atoms with E-state index in [2.05, 4.69) is 5.32 Å². The zero-order chi connectivity index (χ0) is 12.1. The number of rotatable bonds is 5. The molecule has 2 unspecified atom stereocenters. The zero-order valence-electron chi connectivity index (χ0n) is 8.92. The first-order chi connectivity index (χ1) is 7.49. The highest BCUT2D eigenvalue weighted by Crippen LogP contribution is 2.11. The van der Waals surface area contributed by atoms with Crippen molar-refractivity contribution in [1.82, 2.24) is 5.32 Å². The summed E-state index contributed by atoms with van der Waals surface area (Å²) in [5, 5.41) is 29.6. The van der Waals surface area contributed by atoms with Crippen LogP contribution < -0.4 is 5.32 Å². The van der Waals surface area contributed by atoms with Crippen molar-refractivity contribution in [2.75, 3.05) is 0 Å². The van der Waals surface area contributed by atoms with Gasteiger partial charge < -0.3 is 15.3 Å². The summed E-state index contributed by atoms with van der Waals surface area (Å²) >= 11 is 0. The predicted molar refractivity (Wildman–Crippen MR) is 58.1 cm³/mol. The van der Waals surface area contributed by atoms with Crippen molar-refractivity contribution in [1.29, 1.82) is 0 Å². The third-order valence-corrected chi connectivity index (χ3v) is 2.12. The molecule has 2 atom stereocenters. The smallest absolute Gasteiger partial charge is 0.321 e. The van der Waals surface area contributed by atoms with Crippen LogP contribution in [0.15, 0.2) is 24.3 Å². The highest BCUT2D eigenvalue weighted by molar-refractivity contribution is 5.73. The number of phenols is 1. The summed E-state index contributed by atoms with van der Waals surface area (Å²) in [6, 6.07) is 5.45. The van der Waals surface area contributed by atoms with Gasteiger partial charge in [-0.25, -0.2) is 0 Å². The molecule has 0 aromatic heterocycles. The molecule has 0 aliphatic heterocycles. The number of hydrogen-bond acceptors (Lipinski definition) is 4. The lowest BCUT2D eigenvalue weighted by Crippen LogP contribution is -2.43. The standard InChI is InChI=1S/C11H15NO4/c1-7(13)12-10(11(15)16)6-8-2-4-9(14)5-3-8/h2-5,7,10,12-14H,6H2,1H3,(H,15,16). The summed E-state index contributed by atoms with van der Waals surface area (Å²) in [6.07, 6.45) is -0.626. The molecule has 1 aromatic carbocycles. The van der Waals surface area contributed by atoms with E-state index in [1.165, 1.54) is 19.1 Å². The van der Waals surface area contributed by atoms with E-state index in [4.69, 9.17) is 15.3 Å². The van der Waals surface area contributed by atoms with Gasteiger partial charge in [0.2, 0.25) is 0 Å². The summed E-state index contributed by atoms with van der Waals surface area (Å²) in [4.78, 5) is 10.9. The molecule has 0 bridgehead atoms. The van der Waals surface area contributed by atoms with E-state index >= 15 is 0 Å². The Kier molecular flexibility index (Phi) is 4.28. The predicted octanol–water partition coefficient (Wildman–Crippen LogP) is 0.316. The van der Waals surface area contributed by atoms with Gasteiger partial charge in [-0.05, 0) is 31.0 Å². The number of aliphatic carboxylic acids is 1. The maximum Gasteiger partial charge on any atom is 0.321 e. The molecule has 16 heavy (non-hydrogen) atoms. The Morgan fingerprint density at radius 2 is 1.94 bits per heavy atom. The first-order valence-electron chi connectivity index (χ1n) is 4.94. The van der Waals surface area contributed by atoms with Crippen LogP contribution in [0.1, 0.15) is 12.5 Å². The highest BCUT2D eigenvalue weighted by atomic mass is 16.4. The molecule has 88 valence electrons. The van der Waals surface area contributed by atoms with Gasteiger partial charge >= 0.3 is 5.97 Å². The maximum atomic E-state index is 10.9. The van der Waals surface area contributed by atoms with Crippen molar-refractivity contribution in [3.05, 3.63) is 29.8 Å². The third kappa shape index (κ3) is 3.88. The molecule has 0 heterocycles. The fraction of sp³-hybridized carbons (Fsp3) is 0.364. The van der Waals surface area contributed by atoms with Crippen molar-refractivity contribution in [3.8, 4) is 5.75 Å². The van der Waals surface area contributed by atoms with E-state index in [9.17, 15) is 4.79 Å². The third-order valence-electron chi connectivity index (χ3n) is 2.12. The molecule has 0 fully saturated rings. The average molecular weight is 225 g/mol. The number of aliphatic hydroxyl groups is 1. The average Bonchev–Trinajstić information content (AvgIpc) is 2.19. The first kappa shape index (κ1) is 12.5. The lowest BCUT2D eigenvalue weighted by Gasteiger charge is -2.16. The quantitative estimate of drug-likeness (QED) is 0.542. The second kappa shape index (κ2) is 5.48. The Morgan fingerprint density at radius 3 is 2.38 bits per heavy atom. The number of carbonyl (C=O) groups is 1. The Balaban J connectivity index is 2.68. The van der Waals surface area contributed by atoms with Crippen LogP contribution in [0.4, 0.5) is 0 Å². The molecule has 1 aromatic rings. The van der Waals surface area contributed by atoms with Gasteiger partial charge in [0.25, 0.3) is 0 Å². The second-order valence-electron chi connectivity index (χ2n) is 3.60. The van der Waals surface area contributed by atoms with Crippen molar-refractivity contribution in [3.63, 3.8) is 0 Å². The number of nitrogens with one attached hydrogen (secondary N) is 1. The largest absolute Gasteiger partial charge is 0.508 e. The molecule has 0 saturated carbocycles. The topological polar surface area (TPSA) is 89.8 Å². The molecule has 0 saturated heterocycles. The molecule has 5 nitrogen and oxygen atoms in total. The zero-order valence-corrected chi connectivity index (χ0v) is 8.92. The molecule has 5 heteroatoms. The Labute approximate surface area is 93.4 Å². The number of carboxylic acid groups (broad SMARTS) is 1. The fourth-order valence-electron chi connectivity index (χ4n) is 1.38. The maximum absolute atomic E-state index is 10.9. The van der Waals surface area contributed by atoms with E-state index in [1.54, 1.807) is 12.1 Å². The Bertz CT molecular complexity index is 348. The van der Waals surface area contributed by atoms with Crippen LogP contribution in [-0.2, 0) is 11.2 Å². The molecule has 1 rings (SSSR count). The van der Waals surface area contributed by atoms with Crippen LogP contribution in [-0.4, -0.2) is 33.6 Å².